The Kier molecular flexibility index (Phi) is 4.05. The lowest BCUT2D eigenvalue weighted by molar-refractivity contribution is 0.0597. The van der Waals surface area contributed by atoms with Gasteiger partial charge in [0.1, 0.15) is 6.33 Å². The smallest absolute Gasteiger partial charge is 0.339 e. The highest BCUT2D eigenvalue weighted by Crippen LogP contribution is 2.38. The third-order valence-electron chi connectivity index (χ3n) is 2.00. The number of hydrogen-bond acceptors (Lipinski definition) is 7. The van der Waals surface area contributed by atoms with Gasteiger partial charge in [-0.15, -0.1) is 0 Å². The Morgan fingerprint density at radius 2 is 2.33 bits per heavy atom. The number of hydrogen-bond donors (Lipinski definition) is 1. The van der Waals surface area contributed by atoms with Crippen LogP contribution in [0.1, 0.15) is 10.4 Å². The minimum absolute atomic E-state index is 0.322. The van der Waals surface area contributed by atoms with E-state index < -0.39 is 5.97 Å². The highest BCUT2D eigenvalue weighted by molar-refractivity contribution is 8.01. The van der Waals surface area contributed by atoms with Crippen molar-refractivity contribution in [2.75, 3.05) is 12.8 Å². The van der Waals surface area contributed by atoms with Crippen LogP contribution in [0.3, 0.4) is 0 Å². The van der Waals surface area contributed by atoms with Gasteiger partial charge in [0.25, 0.3) is 0 Å². The molecule has 0 unspecified atom stereocenters. The van der Waals surface area contributed by atoms with Gasteiger partial charge in [-0.05, 0) is 23.7 Å². The molecule has 0 saturated carbocycles. The Bertz CT molecular complexity index is 575. The molecule has 0 aliphatic carbocycles. The first kappa shape index (κ1) is 13.1. The number of aromatic nitrogens is 2. The zero-order valence-electron chi connectivity index (χ0n) is 9.21. The van der Waals surface area contributed by atoms with Gasteiger partial charge in [-0.2, -0.15) is 4.37 Å². The number of rotatable bonds is 3. The van der Waals surface area contributed by atoms with Crippen LogP contribution in [0.5, 0.6) is 0 Å². The van der Waals surface area contributed by atoms with Crippen molar-refractivity contribution >= 4 is 46.6 Å². The lowest BCUT2D eigenvalue weighted by Crippen LogP contribution is -2.04. The van der Waals surface area contributed by atoms with Gasteiger partial charge in [0.05, 0.1) is 17.7 Å². The summed E-state index contributed by atoms with van der Waals surface area (Å²) in [5, 5.41) is 0.385. The fourth-order valence-corrected chi connectivity index (χ4v) is 3.11. The van der Waals surface area contributed by atoms with E-state index >= 15 is 0 Å². The van der Waals surface area contributed by atoms with Crippen molar-refractivity contribution in [2.45, 2.75) is 9.24 Å². The summed E-state index contributed by atoms with van der Waals surface area (Å²) in [4.78, 5) is 16.3. The molecule has 0 aliphatic rings. The molecule has 94 valence electrons. The molecule has 0 atom stereocenters. The third-order valence-corrected chi connectivity index (χ3v) is 4.27. The van der Waals surface area contributed by atoms with Gasteiger partial charge < -0.3 is 10.5 Å². The molecule has 1 aromatic carbocycles. The molecule has 1 aromatic heterocycles. The van der Waals surface area contributed by atoms with E-state index in [1.54, 1.807) is 6.07 Å². The van der Waals surface area contributed by atoms with E-state index in [4.69, 9.17) is 22.1 Å². The third kappa shape index (κ3) is 2.74. The van der Waals surface area contributed by atoms with Crippen molar-refractivity contribution in [2.24, 2.45) is 0 Å². The van der Waals surface area contributed by atoms with Crippen molar-refractivity contribution in [1.29, 1.82) is 0 Å². The SMILES string of the molecule is COC(=O)c1cc(N)cc(Cl)c1Sc1ncns1. The van der Waals surface area contributed by atoms with E-state index in [1.807, 2.05) is 0 Å². The fourth-order valence-electron chi connectivity index (χ4n) is 1.27. The molecule has 1 heterocycles. The summed E-state index contributed by atoms with van der Waals surface area (Å²) in [6.07, 6.45) is 1.44. The highest BCUT2D eigenvalue weighted by Gasteiger charge is 2.18. The summed E-state index contributed by atoms with van der Waals surface area (Å²) >= 11 is 8.58. The molecule has 0 bridgehead atoms. The predicted molar refractivity (Wildman–Crippen MR) is 71.2 cm³/mol. The Hall–Kier alpha value is -1.31. The Morgan fingerprint density at radius 1 is 1.56 bits per heavy atom. The van der Waals surface area contributed by atoms with E-state index in [-0.39, 0.29) is 0 Å². The Labute approximate surface area is 116 Å². The van der Waals surface area contributed by atoms with E-state index in [1.165, 1.54) is 42.8 Å². The first-order valence-corrected chi connectivity index (χ1v) is 6.70. The standard InChI is InChI=1S/C10H8ClN3O2S2/c1-16-9(15)6-2-5(12)3-7(11)8(6)17-10-13-4-14-18-10/h2-4H,12H2,1H3. The van der Waals surface area contributed by atoms with Crippen molar-refractivity contribution in [3.63, 3.8) is 0 Å². The number of ether oxygens (including phenoxy) is 1. The largest absolute Gasteiger partial charge is 0.465 e. The first-order chi connectivity index (χ1) is 8.61. The Balaban J connectivity index is 2.47. The molecule has 0 fully saturated rings. The lowest BCUT2D eigenvalue weighted by atomic mass is 10.2. The van der Waals surface area contributed by atoms with Gasteiger partial charge in [0.15, 0.2) is 4.34 Å². The number of methoxy groups -OCH3 is 1. The highest BCUT2D eigenvalue weighted by atomic mass is 35.5. The van der Waals surface area contributed by atoms with Crippen LogP contribution in [0.15, 0.2) is 27.7 Å². The molecule has 0 radical (unpaired) electrons. The van der Waals surface area contributed by atoms with Gasteiger partial charge in [-0.25, -0.2) is 9.78 Å². The topological polar surface area (TPSA) is 78.1 Å². The molecule has 0 spiro atoms. The maximum Gasteiger partial charge on any atom is 0.339 e. The second-order valence-electron chi connectivity index (χ2n) is 3.18. The summed E-state index contributed by atoms with van der Waals surface area (Å²) in [6, 6.07) is 3.11. The zero-order valence-corrected chi connectivity index (χ0v) is 11.6. The van der Waals surface area contributed by atoms with Gasteiger partial charge in [0.2, 0.25) is 0 Å². The van der Waals surface area contributed by atoms with Gasteiger partial charge in [-0.3, -0.25) is 0 Å². The maximum absolute atomic E-state index is 11.7. The van der Waals surface area contributed by atoms with Crippen LogP contribution >= 0.6 is 34.9 Å². The number of benzene rings is 1. The van der Waals surface area contributed by atoms with Crippen molar-refractivity contribution in [1.82, 2.24) is 9.36 Å². The minimum Gasteiger partial charge on any atom is -0.465 e. The van der Waals surface area contributed by atoms with Crippen LogP contribution < -0.4 is 5.73 Å². The van der Waals surface area contributed by atoms with E-state index in [0.29, 0.717) is 25.5 Å². The maximum atomic E-state index is 11.7. The monoisotopic (exact) mass is 301 g/mol. The predicted octanol–water partition coefficient (Wildman–Crippen LogP) is 2.71. The van der Waals surface area contributed by atoms with Crippen LogP contribution in [0, 0.1) is 0 Å². The lowest BCUT2D eigenvalue weighted by Gasteiger charge is -2.09. The molecular weight excluding hydrogens is 294 g/mol. The number of anilines is 1. The minimum atomic E-state index is -0.490. The number of esters is 1. The number of nitrogens with zero attached hydrogens (tertiary/aromatic N) is 2. The number of halogens is 1. The summed E-state index contributed by atoms with van der Waals surface area (Å²) in [7, 11) is 1.30. The molecule has 5 nitrogen and oxygen atoms in total. The van der Waals surface area contributed by atoms with Crippen LogP contribution in [0.2, 0.25) is 5.02 Å². The molecule has 18 heavy (non-hydrogen) atoms. The number of carbonyl (C=O) groups excluding carboxylic acids is 1. The average molecular weight is 302 g/mol. The van der Waals surface area contributed by atoms with Crippen molar-refractivity contribution in [3.8, 4) is 0 Å². The van der Waals surface area contributed by atoms with Crippen LogP contribution in [0.4, 0.5) is 5.69 Å². The van der Waals surface area contributed by atoms with E-state index in [2.05, 4.69) is 9.36 Å². The number of nitrogens with two attached hydrogens (primary N) is 1. The number of carbonyl (C=O) groups is 1. The number of nitrogen functional groups attached to an aromatic ring is 1. The van der Waals surface area contributed by atoms with Gasteiger partial charge in [0, 0.05) is 10.6 Å². The Morgan fingerprint density at radius 3 is 2.94 bits per heavy atom. The average Bonchev–Trinajstić information content (AvgIpc) is 2.84. The van der Waals surface area contributed by atoms with E-state index in [9.17, 15) is 4.79 Å². The summed E-state index contributed by atoms with van der Waals surface area (Å²) in [6.45, 7) is 0. The van der Waals surface area contributed by atoms with Gasteiger partial charge in [-0.1, -0.05) is 23.4 Å². The zero-order chi connectivity index (χ0) is 13.1. The fraction of sp³-hybridized carbons (Fsp3) is 0.100. The quantitative estimate of drug-likeness (QED) is 0.694. The van der Waals surface area contributed by atoms with Crippen LogP contribution in [-0.4, -0.2) is 22.4 Å². The molecule has 0 aliphatic heterocycles. The second-order valence-corrected chi connectivity index (χ2v) is 5.63. The molecule has 8 heteroatoms. The van der Waals surface area contributed by atoms with Crippen LogP contribution in [0.25, 0.3) is 0 Å². The summed E-state index contributed by atoms with van der Waals surface area (Å²) < 4.78 is 9.28. The second kappa shape index (κ2) is 5.55. The normalized spacial score (nSPS) is 10.3. The molecule has 2 rings (SSSR count). The van der Waals surface area contributed by atoms with Crippen LogP contribution in [-0.2, 0) is 4.74 Å². The van der Waals surface area contributed by atoms with Crippen molar-refractivity contribution in [3.05, 3.63) is 29.0 Å². The van der Waals surface area contributed by atoms with E-state index in [0.717, 1.165) is 0 Å². The first-order valence-electron chi connectivity index (χ1n) is 4.73. The molecule has 2 aromatic rings. The summed E-state index contributed by atoms with van der Waals surface area (Å²) in [5.74, 6) is -0.490. The molecule has 2 N–H and O–H groups in total. The molecular formula is C10H8ClN3O2S2. The molecule has 0 amide bonds. The van der Waals surface area contributed by atoms with Gasteiger partial charge >= 0.3 is 5.97 Å². The molecule has 0 saturated heterocycles. The van der Waals surface area contributed by atoms with Crippen molar-refractivity contribution < 1.29 is 9.53 Å². The summed E-state index contributed by atoms with van der Waals surface area (Å²) in [5.41, 5.74) is 6.39.